The number of carbonyl (C=O) groups excluding carboxylic acids is 1. The third kappa shape index (κ3) is 2.43. The molecule has 0 saturated carbocycles. The lowest BCUT2D eigenvalue weighted by Gasteiger charge is -2.04. The zero-order valence-electron chi connectivity index (χ0n) is 7.70. The van der Waals surface area contributed by atoms with Crippen molar-refractivity contribution >= 4 is 5.91 Å². The Balaban J connectivity index is 2.91. The van der Waals surface area contributed by atoms with Crippen LogP contribution in [0.2, 0.25) is 0 Å². The van der Waals surface area contributed by atoms with Gasteiger partial charge in [0.25, 0.3) is 0 Å². The Morgan fingerprint density at radius 2 is 2.31 bits per heavy atom. The first-order chi connectivity index (χ1) is 6.13. The Morgan fingerprint density at radius 1 is 1.62 bits per heavy atom. The number of pyridine rings is 1. The highest BCUT2D eigenvalue weighted by Gasteiger charge is 2.04. The second-order valence-corrected chi connectivity index (χ2v) is 2.74. The molecule has 2 N–H and O–H groups in total. The van der Waals surface area contributed by atoms with Crippen molar-refractivity contribution < 1.29 is 9.53 Å². The summed E-state index contributed by atoms with van der Waals surface area (Å²) in [6.45, 7) is 1.82. The van der Waals surface area contributed by atoms with E-state index < -0.39 is 0 Å². The van der Waals surface area contributed by atoms with Crippen LogP contribution in [0.1, 0.15) is 11.3 Å². The number of carbonyl (C=O) groups is 1. The lowest BCUT2D eigenvalue weighted by molar-refractivity contribution is -0.117. The Morgan fingerprint density at radius 3 is 2.77 bits per heavy atom. The van der Waals surface area contributed by atoms with Crippen LogP contribution in [0.4, 0.5) is 0 Å². The van der Waals surface area contributed by atoms with E-state index in [2.05, 4.69) is 4.98 Å². The van der Waals surface area contributed by atoms with Crippen LogP contribution in [0.5, 0.6) is 5.88 Å². The summed E-state index contributed by atoms with van der Waals surface area (Å²) in [6, 6.07) is 3.51. The number of aryl methyl sites for hydroxylation is 1. The van der Waals surface area contributed by atoms with Gasteiger partial charge in [-0.3, -0.25) is 4.79 Å². The maximum atomic E-state index is 10.6. The number of ether oxygens (including phenoxy) is 1. The molecule has 0 aliphatic rings. The van der Waals surface area contributed by atoms with Crippen molar-refractivity contribution in [1.82, 2.24) is 4.98 Å². The van der Waals surface area contributed by atoms with Crippen molar-refractivity contribution in [3.8, 4) is 5.88 Å². The number of primary amides is 1. The highest BCUT2D eigenvalue weighted by atomic mass is 16.5. The van der Waals surface area contributed by atoms with E-state index >= 15 is 0 Å². The van der Waals surface area contributed by atoms with Gasteiger partial charge in [0.1, 0.15) is 0 Å². The van der Waals surface area contributed by atoms with Crippen molar-refractivity contribution in [3.05, 3.63) is 23.4 Å². The zero-order chi connectivity index (χ0) is 9.84. The van der Waals surface area contributed by atoms with Gasteiger partial charge in [-0.25, -0.2) is 4.98 Å². The highest BCUT2D eigenvalue weighted by Crippen LogP contribution is 2.11. The summed E-state index contributed by atoms with van der Waals surface area (Å²) >= 11 is 0. The lowest BCUT2D eigenvalue weighted by Crippen LogP contribution is -2.14. The Hall–Kier alpha value is -1.58. The first kappa shape index (κ1) is 9.51. The molecular formula is C9H12N2O2. The van der Waals surface area contributed by atoms with Gasteiger partial charge in [-0.05, 0) is 12.5 Å². The maximum absolute atomic E-state index is 10.6. The van der Waals surface area contributed by atoms with E-state index in [9.17, 15) is 4.79 Å². The summed E-state index contributed by atoms with van der Waals surface area (Å²) in [4.78, 5) is 14.8. The van der Waals surface area contributed by atoms with Gasteiger partial charge in [-0.15, -0.1) is 0 Å². The molecule has 0 saturated heterocycles. The van der Waals surface area contributed by atoms with Crippen molar-refractivity contribution in [2.75, 3.05) is 7.11 Å². The number of rotatable bonds is 3. The van der Waals surface area contributed by atoms with Crippen LogP contribution >= 0.6 is 0 Å². The molecule has 13 heavy (non-hydrogen) atoms. The van der Waals surface area contributed by atoms with E-state index in [1.54, 1.807) is 19.2 Å². The largest absolute Gasteiger partial charge is 0.481 e. The molecule has 0 spiro atoms. The molecular weight excluding hydrogens is 168 g/mol. The molecule has 0 fully saturated rings. The first-order valence-corrected chi connectivity index (χ1v) is 3.92. The number of nitrogens with zero attached hydrogens (tertiary/aromatic N) is 1. The molecule has 0 aliphatic heterocycles. The molecule has 0 unspecified atom stereocenters. The zero-order valence-corrected chi connectivity index (χ0v) is 7.70. The number of hydrogen-bond donors (Lipinski definition) is 1. The van der Waals surface area contributed by atoms with Gasteiger partial charge >= 0.3 is 0 Å². The van der Waals surface area contributed by atoms with Crippen molar-refractivity contribution in [2.45, 2.75) is 13.3 Å². The van der Waals surface area contributed by atoms with Crippen molar-refractivity contribution in [1.29, 1.82) is 0 Å². The normalized spacial score (nSPS) is 9.69. The quantitative estimate of drug-likeness (QED) is 0.733. The van der Waals surface area contributed by atoms with Crippen LogP contribution in [0.15, 0.2) is 12.1 Å². The monoisotopic (exact) mass is 180 g/mol. The van der Waals surface area contributed by atoms with E-state index in [1.165, 1.54) is 0 Å². The fourth-order valence-electron chi connectivity index (χ4n) is 1.06. The maximum Gasteiger partial charge on any atom is 0.221 e. The third-order valence-corrected chi connectivity index (χ3v) is 1.74. The van der Waals surface area contributed by atoms with Crippen LogP contribution in [0, 0.1) is 6.92 Å². The molecule has 0 aliphatic carbocycles. The lowest BCUT2D eigenvalue weighted by atomic mass is 10.1. The van der Waals surface area contributed by atoms with Crippen LogP contribution in [-0.2, 0) is 11.2 Å². The van der Waals surface area contributed by atoms with E-state index in [0.717, 1.165) is 11.3 Å². The number of aromatic nitrogens is 1. The predicted octanol–water partition coefficient (Wildman–Crippen LogP) is 0.426. The van der Waals surface area contributed by atoms with E-state index in [0.29, 0.717) is 5.88 Å². The summed E-state index contributed by atoms with van der Waals surface area (Å²) in [5, 5.41) is 0. The third-order valence-electron chi connectivity index (χ3n) is 1.74. The minimum atomic E-state index is -0.352. The first-order valence-electron chi connectivity index (χ1n) is 3.92. The van der Waals surface area contributed by atoms with Crippen LogP contribution in [-0.4, -0.2) is 18.0 Å². The molecule has 70 valence electrons. The molecule has 1 amide bonds. The summed E-state index contributed by atoms with van der Waals surface area (Å²) in [5.41, 5.74) is 6.68. The average molecular weight is 180 g/mol. The van der Waals surface area contributed by atoms with Crippen LogP contribution < -0.4 is 10.5 Å². The second-order valence-electron chi connectivity index (χ2n) is 2.74. The standard InChI is InChI=1S/C9H12N2O2/c1-6-7(5-8(10)12)3-4-9(11-6)13-2/h3-4H,5H2,1-2H3,(H2,10,12). The molecule has 0 aromatic carbocycles. The Labute approximate surface area is 76.7 Å². The van der Waals surface area contributed by atoms with E-state index in [4.69, 9.17) is 10.5 Å². The SMILES string of the molecule is COc1ccc(CC(N)=O)c(C)n1. The molecule has 1 rings (SSSR count). The van der Waals surface area contributed by atoms with Gasteiger partial charge in [0, 0.05) is 11.8 Å². The molecule has 1 aromatic rings. The van der Waals surface area contributed by atoms with Crippen molar-refractivity contribution in [2.24, 2.45) is 5.73 Å². The average Bonchev–Trinajstić information content (AvgIpc) is 2.08. The van der Waals surface area contributed by atoms with Gasteiger partial charge in [-0.1, -0.05) is 6.07 Å². The van der Waals surface area contributed by atoms with Crippen LogP contribution in [0.3, 0.4) is 0 Å². The fourth-order valence-corrected chi connectivity index (χ4v) is 1.06. The minimum absolute atomic E-state index is 0.225. The van der Waals surface area contributed by atoms with E-state index in [-0.39, 0.29) is 12.3 Å². The molecule has 0 bridgehead atoms. The molecule has 1 aromatic heterocycles. The van der Waals surface area contributed by atoms with Gasteiger partial charge in [-0.2, -0.15) is 0 Å². The van der Waals surface area contributed by atoms with Gasteiger partial charge in [0.2, 0.25) is 11.8 Å². The van der Waals surface area contributed by atoms with Gasteiger partial charge in [0.15, 0.2) is 0 Å². The van der Waals surface area contributed by atoms with Crippen molar-refractivity contribution in [3.63, 3.8) is 0 Å². The second kappa shape index (κ2) is 3.89. The predicted molar refractivity (Wildman–Crippen MR) is 48.4 cm³/mol. The Kier molecular flexibility index (Phi) is 2.84. The summed E-state index contributed by atoms with van der Waals surface area (Å²) in [6.07, 6.45) is 0.225. The molecule has 4 heteroatoms. The number of methoxy groups -OCH3 is 1. The highest BCUT2D eigenvalue weighted by molar-refractivity contribution is 5.76. The Bertz CT molecular complexity index is 323. The van der Waals surface area contributed by atoms with Gasteiger partial charge in [0.05, 0.1) is 13.5 Å². The molecule has 1 heterocycles. The minimum Gasteiger partial charge on any atom is -0.481 e. The van der Waals surface area contributed by atoms with Crippen LogP contribution in [0.25, 0.3) is 0 Å². The topological polar surface area (TPSA) is 65.2 Å². The summed E-state index contributed by atoms with van der Waals surface area (Å²) < 4.78 is 4.93. The summed E-state index contributed by atoms with van der Waals surface area (Å²) in [7, 11) is 1.55. The molecule has 0 radical (unpaired) electrons. The number of nitrogens with two attached hydrogens (primary N) is 1. The summed E-state index contributed by atoms with van der Waals surface area (Å²) in [5.74, 6) is 0.195. The van der Waals surface area contributed by atoms with E-state index in [1.807, 2.05) is 6.92 Å². The molecule has 0 atom stereocenters. The number of amides is 1. The van der Waals surface area contributed by atoms with Gasteiger partial charge < -0.3 is 10.5 Å². The smallest absolute Gasteiger partial charge is 0.221 e. The fraction of sp³-hybridized carbons (Fsp3) is 0.333. The number of hydrogen-bond acceptors (Lipinski definition) is 3. The molecule has 4 nitrogen and oxygen atoms in total.